The summed E-state index contributed by atoms with van der Waals surface area (Å²) in [6, 6.07) is 9.30. The molecule has 0 aliphatic heterocycles. The quantitative estimate of drug-likeness (QED) is 0.749. The molecular weight excluding hydrogens is 238 g/mol. The highest BCUT2D eigenvalue weighted by Crippen LogP contribution is 2.31. The standard InChI is InChI=1S/C13H10ClNO2/c14-9-1-2-11-8(5-9)6-12(17-11)10-3-4-16-13(10)7-15/h1-6H,7,15H2. The van der Waals surface area contributed by atoms with Crippen molar-refractivity contribution >= 4 is 22.6 Å². The second-order valence-corrected chi connectivity index (χ2v) is 4.19. The van der Waals surface area contributed by atoms with Gasteiger partial charge in [0.1, 0.15) is 17.1 Å². The molecule has 0 saturated heterocycles. The molecule has 0 amide bonds. The zero-order valence-corrected chi connectivity index (χ0v) is 9.70. The Morgan fingerprint density at radius 2 is 2.06 bits per heavy atom. The van der Waals surface area contributed by atoms with Crippen molar-refractivity contribution in [2.45, 2.75) is 6.54 Å². The molecule has 1 aromatic carbocycles. The molecule has 0 aliphatic rings. The number of benzene rings is 1. The van der Waals surface area contributed by atoms with Crippen LogP contribution in [0.5, 0.6) is 0 Å². The molecule has 2 aromatic heterocycles. The minimum Gasteiger partial charge on any atom is -0.467 e. The van der Waals surface area contributed by atoms with Crippen molar-refractivity contribution in [2.24, 2.45) is 5.73 Å². The molecule has 0 atom stereocenters. The van der Waals surface area contributed by atoms with Crippen LogP contribution in [0.4, 0.5) is 0 Å². The van der Waals surface area contributed by atoms with E-state index in [1.165, 1.54) is 0 Å². The second-order valence-electron chi connectivity index (χ2n) is 3.75. The topological polar surface area (TPSA) is 52.3 Å². The van der Waals surface area contributed by atoms with Gasteiger partial charge in [0, 0.05) is 10.4 Å². The normalized spacial score (nSPS) is 11.2. The van der Waals surface area contributed by atoms with Gasteiger partial charge in [-0.2, -0.15) is 0 Å². The first kappa shape index (κ1) is 10.4. The van der Waals surface area contributed by atoms with Gasteiger partial charge in [0.05, 0.1) is 18.4 Å². The van der Waals surface area contributed by atoms with Crippen molar-refractivity contribution in [3.8, 4) is 11.3 Å². The lowest BCUT2D eigenvalue weighted by atomic mass is 10.2. The molecule has 0 spiro atoms. The molecule has 2 heterocycles. The van der Waals surface area contributed by atoms with Gasteiger partial charge < -0.3 is 14.6 Å². The monoisotopic (exact) mass is 247 g/mol. The van der Waals surface area contributed by atoms with Crippen LogP contribution in [-0.4, -0.2) is 0 Å². The van der Waals surface area contributed by atoms with Crippen LogP contribution in [0.15, 0.2) is 45.4 Å². The largest absolute Gasteiger partial charge is 0.467 e. The lowest BCUT2D eigenvalue weighted by Gasteiger charge is -1.94. The highest BCUT2D eigenvalue weighted by molar-refractivity contribution is 6.31. The zero-order valence-electron chi connectivity index (χ0n) is 8.94. The molecule has 0 aliphatic carbocycles. The van der Waals surface area contributed by atoms with E-state index < -0.39 is 0 Å². The summed E-state index contributed by atoms with van der Waals surface area (Å²) < 4.78 is 11.0. The summed E-state index contributed by atoms with van der Waals surface area (Å²) in [6.07, 6.45) is 1.61. The van der Waals surface area contributed by atoms with E-state index >= 15 is 0 Å². The van der Waals surface area contributed by atoms with Crippen LogP contribution in [0.25, 0.3) is 22.3 Å². The summed E-state index contributed by atoms with van der Waals surface area (Å²) in [5, 5.41) is 1.66. The SMILES string of the molecule is NCc1occc1-c1cc2cc(Cl)ccc2o1. The molecule has 86 valence electrons. The summed E-state index contributed by atoms with van der Waals surface area (Å²) in [7, 11) is 0. The maximum absolute atomic E-state index is 5.93. The number of furan rings is 2. The maximum atomic E-state index is 5.93. The van der Waals surface area contributed by atoms with Gasteiger partial charge in [0.15, 0.2) is 0 Å². The third kappa shape index (κ3) is 1.73. The summed E-state index contributed by atoms with van der Waals surface area (Å²) in [6.45, 7) is 0.347. The predicted octanol–water partition coefficient (Wildman–Crippen LogP) is 3.80. The molecule has 4 heteroatoms. The van der Waals surface area contributed by atoms with Crippen LogP contribution in [0.2, 0.25) is 5.02 Å². The molecule has 3 rings (SSSR count). The highest BCUT2D eigenvalue weighted by atomic mass is 35.5. The van der Waals surface area contributed by atoms with Crippen LogP contribution in [-0.2, 0) is 6.54 Å². The molecule has 3 aromatic rings. The lowest BCUT2D eigenvalue weighted by Crippen LogP contribution is -1.95. The van der Waals surface area contributed by atoms with Crippen LogP contribution < -0.4 is 5.73 Å². The van der Waals surface area contributed by atoms with Crippen LogP contribution in [0.1, 0.15) is 5.76 Å². The smallest absolute Gasteiger partial charge is 0.138 e. The predicted molar refractivity (Wildman–Crippen MR) is 66.8 cm³/mol. The Balaban J connectivity index is 2.18. The third-order valence-electron chi connectivity index (χ3n) is 2.67. The first-order valence-corrected chi connectivity index (χ1v) is 5.61. The van der Waals surface area contributed by atoms with E-state index in [1.54, 1.807) is 12.3 Å². The van der Waals surface area contributed by atoms with Crippen LogP contribution in [0, 0.1) is 0 Å². The lowest BCUT2D eigenvalue weighted by molar-refractivity contribution is 0.511. The Labute approximate surface area is 103 Å². The molecule has 2 N–H and O–H groups in total. The van der Waals surface area contributed by atoms with Crippen LogP contribution in [0.3, 0.4) is 0 Å². The summed E-state index contributed by atoms with van der Waals surface area (Å²) in [5.74, 6) is 1.46. The second kappa shape index (κ2) is 3.95. The van der Waals surface area contributed by atoms with E-state index in [0.29, 0.717) is 11.6 Å². The van der Waals surface area contributed by atoms with Crippen molar-refractivity contribution in [2.75, 3.05) is 0 Å². The van der Waals surface area contributed by atoms with Crippen molar-refractivity contribution in [3.05, 3.63) is 47.4 Å². The van der Waals surface area contributed by atoms with Crippen LogP contribution >= 0.6 is 11.6 Å². The van der Waals surface area contributed by atoms with Gasteiger partial charge in [-0.05, 0) is 30.3 Å². The average molecular weight is 248 g/mol. The highest BCUT2D eigenvalue weighted by Gasteiger charge is 2.12. The van der Waals surface area contributed by atoms with E-state index in [1.807, 2.05) is 24.3 Å². The summed E-state index contributed by atoms with van der Waals surface area (Å²) in [5.41, 5.74) is 7.28. The zero-order chi connectivity index (χ0) is 11.8. The molecule has 0 bridgehead atoms. The fourth-order valence-corrected chi connectivity index (χ4v) is 2.05. The first-order chi connectivity index (χ1) is 8.28. The minimum absolute atomic E-state index is 0.347. The average Bonchev–Trinajstić information content (AvgIpc) is 2.93. The van der Waals surface area contributed by atoms with E-state index in [-0.39, 0.29) is 0 Å². The van der Waals surface area contributed by atoms with Crippen molar-refractivity contribution in [1.29, 1.82) is 0 Å². The molecule has 0 unspecified atom stereocenters. The number of hydrogen-bond donors (Lipinski definition) is 1. The van der Waals surface area contributed by atoms with E-state index in [2.05, 4.69) is 0 Å². The fraction of sp³-hybridized carbons (Fsp3) is 0.0769. The number of nitrogens with two attached hydrogens (primary N) is 1. The maximum Gasteiger partial charge on any atom is 0.138 e. The number of hydrogen-bond acceptors (Lipinski definition) is 3. The van der Waals surface area contributed by atoms with E-state index in [0.717, 1.165) is 28.1 Å². The Hall–Kier alpha value is -1.71. The van der Waals surface area contributed by atoms with E-state index in [4.69, 9.17) is 26.2 Å². The first-order valence-electron chi connectivity index (χ1n) is 5.24. The van der Waals surface area contributed by atoms with Gasteiger partial charge in [-0.3, -0.25) is 0 Å². The Morgan fingerprint density at radius 3 is 2.88 bits per heavy atom. The third-order valence-corrected chi connectivity index (χ3v) is 2.91. The fourth-order valence-electron chi connectivity index (χ4n) is 1.87. The van der Waals surface area contributed by atoms with Gasteiger partial charge in [-0.1, -0.05) is 11.6 Å². The van der Waals surface area contributed by atoms with Crippen molar-refractivity contribution in [3.63, 3.8) is 0 Å². The van der Waals surface area contributed by atoms with Gasteiger partial charge in [0.25, 0.3) is 0 Å². The summed E-state index contributed by atoms with van der Waals surface area (Å²) >= 11 is 5.93. The minimum atomic E-state index is 0.347. The van der Waals surface area contributed by atoms with Crippen molar-refractivity contribution in [1.82, 2.24) is 0 Å². The molecular formula is C13H10ClNO2. The molecule has 17 heavy (non-hydrogen) atoms. The van der Waals surface area contributed by atoms with Gasteiger partial charge in [-0.15, -0.1) is 0 Å². The number of rotatable bonds is 2. The van der Waals surface area contributed by atoms with E-state index in [9.17, 15) is 0 Å². The number of fused-ring (bicyclic) bond motifs is 1. The molecule has 0 fully saturated rings. The molecule has 0 saturated carbocycles. The Bertz CT molecular complexity index is 669. The van der Waals surface area contributed by atoms with Gasteiger partial charge >= 0.3 is 0 Å². The van der Waals surface area contributed by atoms with Gasteiger partial charge in [0.2, 0.25) is 0 Å². The number of halogens is 1. The van der Waals surface area contributed by atoms with Gasteiger partial charge in [-0.25, -0.2) is 0 Å². The Morgan fingerprint density at radius 1 is 1.18 bits per heavy atom. The molecule has 0 radical (unpaired) electrons. The summed E-state index contributed by atoms with van der Waals surface area (Å²) in [4.78, 5) is 0. The van der Waals surface area contributed by atoms with Crippen molar-refractivity contribution < 1.29 is 8.83 Å². The molecule has 3 nitrogen and oxygen atoms in total. The Kier molecular flexibility index (Phi) is 2.42.